The summed E-state index contributed by atoms with van der Waals surface area (Å²) < 4.78 is 28.1. The second-order valence-corrected chi connectivity index (χ2v) is 10.4. The van der Waals surface area contributed by atoms with Crippen LogP contribution in [0.25, 0.3) is 0 Å². The zero-order chi connectivity index (χ0) is 23.0. The van der Waals surface area contributed by atoms with Crippen LogP contribution in [0.1, 0.15) is 66.7 Å². The third kappa shape index (κ3) is 5.12. The van der Waals surface area contributed by atoms with E-state index in [1.807, 2.05) is 18.2 Å². The van der Waals surface area contributed by atoms with Gasteiger partial charge in [0, 0.05) is 12.8 Å². The fourth-order valence-corrected chi connectivity index (χ4v) is 4.48. The SMILES string of the molecule is C=C1/C(=C\C=C\[C@@H]2CC[C@](C)(/C=C/CC(F)(F)C(C)(C)O)C2(C)C)C[C@@H](O)C[C@@H]1O. The van der Waals surface area contributed by atoms with Gasteiger partial charge < -0.3 is 15.3 Å². The lowest BCUT2D eigenvalue weighted by Crippen LogP contribution is -2.42. The van der Waals surface area contributed by atoms with E-state index in [0.29, 0.717) is 18.4 Å². The van der Waals surface area contributed by atoms with Gasteiger partial charge in [-0.05, 0) is 61.0 Å². The Morgan fingerprint density at radius 3 is 2.43 bits per heavy atom. The predicted octanol–water partition coefficient (Wildman–Crippen LogP) is 5.34. The van der Waals surface area contributed by atoms with E-state index in [4.69, 9.17) is 0 Å². The average molecular weight is 425 g/mol. The van der Waals surface area contributed by atoms with Crippen LogP contribution in [0.4, 0.5) is 8.78 Å². The van der Waals surface area contributed by atoms with Crippen molar-refractivity contribution in [1.29, 1.82) is 0 Å². The Hall–Kier alpha value is -1.30. The molecule has 0 radical (unpaired) electrons. The van der Waals surface area contributed by atoms with Gasteiger partial charge in [0.05, 0.1) is 12.2 Å². The van der Waals surface area contributed by atoms with Crippen molar-refractivity contribution in [2.24, 2.45) is 16.7 Å². The van der Waals surface area contributed by atoms with Crippen LogP contribution in [0.5, 0.6) is 0 Å². The maximum Gasteiger partial charge on any atom is 0.279 e. The molecule has 0 spiro atoms. The van der Waals surface area contributed by atoms with Crippen molar-refractivity contribution in [3.05, 3.63) is 48.1 Å². The fraction of sp³-hybridized carbons (Fsp3) is 0.680. The Bertz CT molecular complexity index is 727. The molecule has 0 aromatic heterocycles. The Labute approximate surface area is 179 Å². The molecule has 0 unspecified atom stereocenters. The summed E-state index contributed by atoms with van der Waals surface area (Å²) in [7, 11) is 0. The molecule has 2 fully saturated rings. The van der Waals surface area contributed by atoms with Crippen molar-refractivity contribution in [1.82, 2.24) is 0 Å². The van der Waals surface area contributed by atoms with Gasteiger partial charge in [-0.15, -0.1) is 0 Å². The highest BCUT2D eigenvalue weighted by Gasteiger charge is 2.49. The molecule has 0 amide bonds. The van der Waals surface area contributed by atoms with E-state index in [1.165, 1.54) is 6.08 Å². The van der Waals surface area contributed by atoms with Gasteiger partial charge in [0.2, 0.25) is 0 Å². The number of halogens is 2. The van der Waals surface area contributed by atoms with Crippen LogP contribution < -0.4 is 0 Å². The summed E-state index contributed by atoms with van der Waals surface area (Å²) >= 11 is 0. The predicted molar refractivity (Wildman–Crippen MR) is 117 cm³/mol. The first-order chi connectivity index (χ1) is 13.6. The molecule has 0 saturated heterocycles. The molecule has 0 bridgehead atoms. The minimum atomic E-state index is -3.17. The Morgan fingerprint density at radius 1 is 1.20 bits per heavy atom. The van der Waals surface area contributed by atoms with Crippen LogP contribution >= 0.6 is 0 Å². The van der Waals surface area contributed by atoms with Gasteiger partial charge in [0.15, 0.2) is 0 Å². The van der Waals surface area contributed by atoms with Crippen molar-refractivity contribution in [3.8, 4) is 0 Å². The van der Waals surface area contributed by atoms with Crippen LogP contribution in [0.15, 0.2) is 48.1 Å². The molecule has 3 N–H and O–H groups in total. The number of aliphatic hydroxyl groups is 3. The van der Waals surface area contributed by atoms with Crippen molar-refractivity contribution in [2.75, 3.05) is 0 Å². The molecule has 0 aromatic carbocycles. The highest BCUT2D eigenvalue weighted by atomic mass is 19.3. The number of alkyl halides is 2. The van der Waals surface area contributed by atoms with Crippen LogP contribution in [-0.4, -0.2) is 39.1 Å². The zero-order valence-electron chi connectivity index (χ0n) is 19.0. The lowest BCUT2D eigenvalue weighted by Gasteiger charge is -2.39. The molecule has 0 aliphatic heterocycles. The summed E-state index contributed by atoms with van der Waals surface area (Å²) in [6.07, 6.45) is 10.3. The lowest BCUT2D eigenvalue weighted by atomic mass is 9.65. The molecule has 5 heteroatoms. The van der Waals surface area contributed by atoms with Crippen molar-refractivity contribution in [2.45, 2.75) is 90.5 Å². The summed E-state index contributed by atoms with van der Waals surface area (Å²) in [6.45, 7) is 12.6. The number of aliphatic hydroxyl groups excluding tert-OH is 2. The molecule has 0 aromatic rings. The largest absolute Gasteiger partial charge is 0.393 e. The van der Waals surface area contributed by atoms with Crippen LogP contribution in [0.3, 0.4) is 0 Å². The minimum absolute atomic E-state index is 0.134. The monoisotopic (exact) mass is 424 g/mol. The van der Waals surface area contributed by atoms with E-state index in [-0.39, 0.29) is 16.7 Å². The highest BCUT2D eigenvalue weighted by molar-refractivity contribution is 5.37. The molecule has 30 heavy (non-hydrogen) atoms. The number of rotatable bonds is 6. The smallest absolute Gasteiger partial charge is 0.279 e. The van der Waals surface area contributed by atoms with E-state index in [2.05, 4.69) is 33.4 Å². The molecule has 2 saturated carbocycles. The number of hydrogen-bond acceptors (Lipinski definition) is 3. The van der Waals surface area contributed by atoms with Crippen molar-refractivity contribution < 1.29 is 24.1 Å². The van der Waals surface area contributed by atoms with E-state index in [0.717, 1.165) is 32.3 Å². The zero-order valence-corrected chi connectivity index (χ0v) is 19.0. The van der Waals surface area contributed by atoms with Gasteiger partial charge in [-0.2, -0.15) is 0 Å². The van der Waals surface area contributed by atoms with E-state index >= 15 is 0 Å². The first-order valence-corrected chi connectivity index (χ1v) is 10.8. The highest BCUT2D eigenvalue weighted by Crippen LogP contribution is 2.57. The lowest BCUT2D eigenvalue weighted by molar-refractivity contribution is -0.158. The third-order valence-corrected chi connectivity index (χ3v) is 7.54. The molecule has 3 nitrogen and oxygen atoms in total. The van der Waals surface area contributed by atoms with Crippen molar-refractivity contribution in [3.63, 3.8) is 0 Å². The second kappa shape index (κ2) is 8.68. The summed E-state index contributed by atoms with van der Waals surface area (Å²) in [6, 6.07) is 0. The quantitative estimate of drug-likeness (QED) is 0.505. The van der Waals surface area contributed by atoms with Gasteiger partial charge in [-0.25, -0.2) is 8.78 Å². The second-order valence-electron chi connectivity index (χ2n) is 10.4. The summed E-state index contributed by atoms with van der Waals surface area (Å²) in [4.78, 5) is 0. The Morgan fingerprint density at radius 2 is 1.83 bits per heavy atom. The van der Waals surface area contributed by atoms with E-state index in [1.54, 1.807) is 0 Å². The molecular formula is C25H38F2O3. The van der Waals surface area contributed by atoms with Gasteiger partial charge in [-0.3, -0.25) is 0 Å². The molecule has 4 atom stereocenters. The number of allylic oxidation sites excluding steroid dienone is 5. The normalized spacial score (nSPS) is 34.5. The standard InChI is InChI=1S/C25H38F2O3/c1-17-18(15-20(28)16-21(17)29)9-7-10-19-11-14-24(6,22(19,2)3)12-8-13-25(26,27)23(4,5)30/h7-10,12,19-21,28-30H,1,11,13-16H2,2-6H3/b10-7+,12-8+,18-9-/t19-,20-,21+,24+/m1/s1. The van der Waals surface area contributed by atoms with Gasteiger partial charge in [0.1, 0.15) is 5.60 Å². The summed E-state index contributed by atoms with van der Waals surface area (Å²) in [5.74, 6) is -2.91. The third-order valence-electron chi connectivity index (χ3n) is 7.54. The number of hydrogen-bond donors (Lipinski definition) is 3. The average Bonchev–Trinajstić information content (AvgIpc) is 2.81. The minimum Gasteiger partial charge on any atom is -0.393 e. The van der Waals surface area contributed by atoms with Gasteiger partial charge >= 0.3 is 0 Å². The summed E-state index contributed by atoms with van der Waals surface area (Å²) in [5.41, 5.74) is -0.885. The fourth-order valence-electron chi connectivity index (χ4n) is 4.48. The van der Waals surface area contributed by atoms with E-state index in [9.17, 15) is 24.1 Å². The maximum absolute atomic E-state index is 14.1. The summed E-state index contributed by atoms with van der Waals surface area (Å²) in [5, 5.41) is 29.5. The van der Waals surface area contributed by atoms with Crippen LogP contribution in [-0.2, 0) is 0 Å². The van der Waals surface area contributed by atoms with Gasteiger partial charge in [-0.1, -0.05) is 57.7 Å². The van der Waals surface area contributed by atoms with Crippen LogP contribution in [0.2, 0.25) is 0 Å². The Balaban J connectivity index is 2.09. The molecular weight excluding hydrogens is 386 g/mol. The molecule has 2 rings (SSSR count). The first kappa shape index (κ1) is 25.0. The topological polar surface area (TPSA) is 60.7 Å². The van der Waals surface area contributed by atoms with Crippen LogP contribution in [0, 0.1) is 16.7 Å². The van der Waals surface area contributed by atoms with E-state index < -0.39 is 30.2 Å². The molecule has 2 aliphatic rings. The molecule has 2 aliphatic carbocycles. The first-order valence-electron chi connectivity index (χ1n) is 10.8. The molecule has 0 heterocycles. The maximum atomic E-state index is 14.1. The van der Waals surface area contributed by atoms with Crippen molar-refractivity contribution >= 4 is 0 Å². The Kier molecular flexibility index (Phi) is 7.22. The van der Waals surface area contributed by atoms with Gasteiger partial charge in [0.25, 0.3) is 5.92 Å². The molecule has 170 valence electrons.